The quantitative estimate of drug-likeness (QED) is 0.795. The summed E-state index contributed by atoms with van der Waals surface area (Å²) in [6.45, 7) is 5.88. The number of H-pyrrole nitrogens is 1. The van der Waals surface area contributed by atoms with Gasteiger partial charge >= 0.3 is 6.09 Å². The molecule has 112 valence electrons. The summed E-state index contributed by atoms with van der Waals surface area (Å²) in [6.07, 6.45) is 4.21. The molecule has 1 aliphatic rings. The van der Waals surface area contributed by atoms with Crippen LogP contribution >= 0.6 is 0 Å². The number of hydrogen-bond acceptors (Lipinski definition) is 3. The molecule has 1 aromatic heterocycles. The van der Waals surface area contributed by atoms with Crippen molar-refractivity contribution in [3.63, 3.8) is 0 Å². The van der Waals surface area contributed by atoms with E-state index in [1.807, 2.05) is 20.8 Å². The lowest BCUT2D eigenvalue weighted by Gasteiger charge is -2.22. The van der Waals surface area contributed by atoms with Crippen LogP contribution < -0.4 is 11.1 Å². The first-order valence-corrected chi connectivity index (χ1v) is 7.29. The van der Waals surface area contributed by atoms with E-state index in [1.54, 1.807) is 0 Å². The van der Waals surface area contributed by atoms with Crippen LogP contribution in [0, 0.1) is 0 Å². The number of alkyl carbamates (subject to hydrolysis) is 1. The summed E-state index contributed by atoms with van der Waals surface area (Å²) in [5.41, 5.74) is 8.90. The van der Waals surface area contributed by atoms with E-state index in [-0.39, 0.29) is 6.04 Å². The lowest BCUT2D eigenvalue weighted by Crippen LogP contribution is -2.37. The standard InChI is InChI=1S/C15H25N3O2/c1-15(2,3)20-14(19)18-13(9-16)12-8-10-6-4-5-7-11(10)17-12/h8,13,17H,4-7,9,16H2,1-3H3,(H,18,19). The average molecular weight is 279 g/mol. The number of amides is 1. The zero-order valence-electron chi connectivity index (χ0n) is 12.6. The second kappa shape index (κ2) is 5.87. The second-order valence-electron chi connectivity index (χ2n) is 6.37. The number of nitrogens with one attached hydrogen (secondary N) is 2. The Morgan fingerprint density at radius 2 is 2.15 bits per heavy atom. The van der Waals surface area contributed by atoms with E-state index in [9.17, 15) is 4.79 Å². The van der Waals surface area contributed by atoms with E-state index in [2.05, 4.69) is 16.4 Å². The minimum Gasteiger partial charge on any atom is -0.444 e. The SMILES string of the molecule is CC(C)(C)OC(=O)NC(CN)c1cc2c([nH]1)CCCC2. The number of aromatic nitrogens is 1. The lowest BCUT2D eigenvalue weighted by molar-refractivity contribution is 0.0504. The summed E-state index contributed by atoms with van der Waals surface area (Å²) in [5, 5.41) is 2.83. The fourth-order valence-corrected chi connectivity index (χ4v) is 2.53. The van der Waals surface area contributed by atoms with Crippen molar-refractivity contribution < 1.29 is 9.53 Å². The number of aryl methyl sites for hydroxylation is 2. The van der Waals surface area contributed by atoms with Crippen LogP contribution in [0.4, 0.5) is 4.79 Å². The van der Waals surface area contributed by atoms with Gasteiger partial charge in [0.15, 0.2) is 0 Å². The molecule has 0 saturated carbocycles. The molecule has 1 unspecified atom stereocenters. The summed E-state index contributed by atoms with van der Waals surface area (Å²) in [4.78, 5) is 15.2. The maximum absolute atomic E-state index is 11.8. The third-order valence-corrected chi connectivity index (χ3v) is 3.44. The highest BCUT2D eigenvalue weighted by molar-refractivity contribution is 5.68. The van der Waals surface area contributed by atoms with Crippen LogP contribution in [0.15, 0.2) is 6.07 Å². The van der Waals surface area contributed by atoms with Crippen molar-refractivity contribution in [3.8, 4) is 0 Å². The molecule has 1 heterocycles. The Morgan fingerprint density at radius 3 is 2.75 bits per heavy atom. The third kappa shape index (κ3) is 3.76. The van der Waals surface area contributed by atoms with E-state index in [1.165, 1.54) is 24.1 Å². The Balaban J connectivity index is 2.04. The molecule has 0 bridgehead atoms. The van der Waals surface area contributed by atoms with Gasteiger partial charge in [-0.15, -0.1) is 0 Å². The zero-order valence-corrected chi connectivity index (χ0v) is 12.6. The maximum atomic E-state index is 11.8. The van der Waals surface area contributed by atoms with Crippen LogP contribution in [-0.4, -0.2) is 23.2 Å². The van der Waals surface area contributed by atoms with Crippen LogP contribution in [0.1, 0.15) is 56.6 Å². The molecule has 5 heteroatoms. The molecule has 5 nitrogen and oxygen atoms in total. The molecular formula is C15H25N3O2. The Hall–Kier alpha value is -1.49. The summed E-state index contributed by atoms with van der Waals surface area (Å²) in [6, 6.07) is 1.90. The predicted octanol–water partition coefficient (Wildman–Crippen LogP) is 2.42. The number of ether oxygens (including phenoxy) is 1. The number of carbonyl (C=O) groups excluding carboxylic acids is 1. The molecule has 0 spiro atoms. The van der Waals surface area contributed by atoms with Crippen LogP contribution in [0.5, 0.6) is 0 Å². The Kier molecular flexibility index (Phi) is 4.38. The fraction of sp³-hybridized carbons (Fsp3) is 0.667. The second-order valence-corrected chi connectivity index (χ2v) is 6.37. The summed E-state index contributed by atoms with van der Waals surface area (Å²) < 4.78 is 5.27. The molecule has 20 heavy (non-hydrogen) atoms. The van der Waals surface area contributed by atoms with Crippen molar-refractivity contribution >= 4 is 6.09 Å². The first kappa shape index (κ1) is 14.9. The third-order valence-electron chi connectivity index (χ3n) is 3.44. The van der Waals surface area contributed by atoms with E-state index >= 15 is 0 Å². The Bertz CT molecular complexity index is 450. The highest BCUT2D eigenvalue weighted by Crippen LogP contribution is 2.24. The Morgan fingerprint density at radius 1 is 1.45 bits per heavy atom. The van der Waals surface area contributed by atoms with Crippen molar-refractivity contribution in [1.29, 1.82) is 0 Å². The molecule has 0 radical (unpaired) electrons. The fourth-order valence-electron chi connectivity index (χ4n) is 2.53. The molecule has 2 rings (SSSR count). The minimum atomic E-state index is -0.502. The number of nitrogens with two attached hydrogens (primary N) is 1. The van der Waals surface area contributed by atoms with Gasteiger partial charge in [0.1, 0.15) is 5.60 Å². The van der Waals surface area contributed by atoms with Crippen molar-refractivity contribution in [2.75, 3.05) is 6.54 Å². The molecule has 0 aliphatic heterocycles. The molecule has 1 aromatic rings. The number of carbonyl (C=O) groups is 1. The maximum Gasteiger partial charge on any atom is 0.408 e. The van der Waals surface area contributed by atoms with Crippen molar-refractivity contribution in [1.82, 2.24) is 10.3 Å². The van der Waals surface area contributed by atoms with Gasteiger partial charge < -0.3 is 20.8 Å². The molecular weight excluding hydrogens is 254 g/mol. The molecule has 0 aromatic carbocycles. The molecule has 4 N–H and O–H groups in total. The first-order chi connectivity index (χ1) is 9.39. The molecule has 1 amide bonds. The first-order valence-electron chi connectivity index (χ1n) is 7.29. The number of fused-ring (bicyclic) bond motifs is 1. The highest BCUT2D eigenvalue weighted by Gasteiger charge is 2.22. The monoisotopic (exact) mass is 279 g/mol. The van der Waals surface area contributed by atoms with Crippen molar-refractivity contribution in [2.45, 2.75) is 58.1 Å². The minimum absolute atomic E-state index is 0.226. The van der Waals surface area contributed by atoms with Gasteiger partial charge in [0.25, 0.3) is 0 Å². The van der Waals surface area contributed by atoms with Gasteiger partial charge in [-0.25, -0.2) is 4.79 Å². The van der Waals surface area contributed by atoms with Gasteiger partial charge in [0.05, 0.1) is 6.04 Å². The van der Waals surface area contributed by atoms with Gasteiger partial charge in [-0.1, -0.05) is 0 Å². The normalized spacial score (nSPS) is 16.4. The van der Waals surface area contributed by atoms with Crippen LogP contribution in [0.3, 0.4) is 0 Å². The summed E-state index contributed by atoms with van der Waals surface area (Å²) >= 11 is 0. The van der Waals surface area contributed by atoms with Crippen LogP contribution in [0.25, 0.3) is 0 Å². The van der Waals surface area contributed by atoms with Crippen molar-refractivity contribution in [2.24, 2.45) is 5.73 Å². The summed E-state index contributed by atoms with van der Waals surface area (Å²) in [5.74, 6) is 0. The van der Waals surface area contributed by atoms with Crippen LogP contribution in [0.2, 0.25) is 0 Å². The molecule has 0 saturated heterocycles. The van der Waals surface area contributed by atoms with Crippen molar-refractivity contribution in [3.05, 3.63) is 23.0 Å². The van der Waals surface area contributed by atoms with Gasteiger partial charge in [0, 0.05) is 17.9 Å². The molecule has 0 fully saturated rings. The van der Waals surface area contributed by atoms with Crippen LogP contribution in [-0.2, 0) is 17.6 Å². The number of rotatable bonds is 3. The van der Waals surface area contributed by atoms with Gasteiger partial charge in [-0.2, -0.15) is 0 Å². The molecule has 1 aliphatic carbocycles. The predicted molar refractivity (Wildman–Crippen MR) is 78.6 cm³/mol. The van der Waals surface area contributed by atoms with E-state index < -0.39 is 11.7 Å². The van der Waals surface area contributed by atoms with E-state index in [0.29, 0.717) is 6.54 Å². The summed E-state index contributed by atoms with van der Waals surface area (Å²) in [7, 11) is 0. The molecule has 1 atom stereocenters. The van der Waals surface area contributed by atoms with Gasteiger partial charge in [-0.05, 0) is 58.1 Å². The Labute approximate surface area is 120 Å². The van der Waals surface area contributed by atoms with Gasteiger partial charge in [0.2, 0.25) is 0 Å². The topological polar surface area (TPSA) is 80.1 Å². The highest BCUT2D eigenvalue weighted by atomic mass is 16.6. The lowest BCUT2D eigenvalue weighted by atomic mass is 9.98. The smallest absolute Gasteiger partial charge is 0.408 e. The number of aromatic amines is 1. The largest absolute Gasteiger partial charge is 0.444 e. The van der Waals surface area contributed by atoms with E-state index in [0.717, 1.165) is 18.5 Å². The van der Waals surface area contributed by atoms with Gasteiger partial charge in [-0.3, -0.25) is 0 Å². The number of hydrogen-bond donors (Lipinski definition) is 3. The zero-order chi connectivity index (χ0) is 14.8. The van der Waals surface area contributed by atoms with E-state index in [4.69, 9.17) is 10.5 Å². The average Bonchev–Trinajstić information content (AvgIpc) is 2.77.